The van der Waals surface area contributed by atoms with Crippen LogP contribution in [0.3, 0.4) is 0 Å². The molecule has 0 aliphatic carbocycles. The van der Waals surface area contributed by atoms with Crippen LogP contribution in [0.25, 0.3) is 0 Å². The van der Waals surface area contributed by atoms with Gasteiger partial charge in [-0.1, -0.05) is 35.5 Å². The number of amides is 2. The van der Waals surface area contributed by atoms with Crippen molar-refractivity contribution in [1.82, 2.24) is 15.2 Å². The second-order valence-electron chi connectivity index (χ2n) is 7.80. The van der Waals surface area contributed by atoms with Gasteiger partial charge < -0.3 is 25.4 Å². The number of carbonyl (C=O) groups is 4. The zero-order valence-electron chi connectivity index (χ0n) is 18.2. The van der Waals surface area contributed by atoms with Crippen molar-refractivity contribution >= 4 is 57.7 Å². The predicted octanol–water partition coefficient (Wildman–Crippen LogP) is 0.231. The zero-order valence-corrected chi connectivity index (χ0v) is 19.8. The number of benzene rings is 1. The van der Waals surface area contributed by atoms with Crippen LogP contribution < -0.4 is 11.1 Å². The molecule has 14 heteroatoms. The third-order valence-electron chi connectivity index (χ3n) is 5.72. The highest BCUT2D eigenvalue weighted by Gasteiger charge is 2.75. The Labute approximate surface area is 206 Å². The molecule has 0 bridgehead atoms. The summed E-state index contributed by atoms with van der Waals surface area (Å²) in [5, 5.41) is 6.79. The van der Waals surface area contributed by atoms with E-state index in [4.69, 9.17) is 20.0 Å². The molecule has 3 aliphatic rings. The van der Waals surface area contributed by atoms with Crippen molar-refractivity contribution in [2.45, 2.75) is 35.4 Å². The topological polar surface area (TPSA) is 163 Å². The Kier molecular flexibility index (Phi) is 5.84. The average molecular weight is 518 g/mol. The van der Waals surface area contributed by atoms with Crippen molar-refractivity contribution in [3.8, 4) is 0 Å². The van der Waals surface area contributed by atoms with Gasteiger partial charge in [0.05, 0.1) is 11.7 Å². The van der Waals surface area contributed by atoms with E-state index in [0.29, 0.717) is 0 Å². The van der Waals surface area contributed by atoms with Gasteiger partial charge in [0.15, 0.2) is 10.8 Å². The molecule has 3 aliphatic heterocycles. The Bertz CT molecular complexity index is 1240. The molecular formula is C21H19N5O7S2. The standard InChI is InChI=1S/C21H19N5O7S2/c1-31-25-14(11-9-34-20(22)23-11)16(28)24-15-17(29)26-18(15)35-12-7-13(27)33-21(12,26)19(30)32-8-10-5-3-2-4-6-10/h2-6,9,12,15,18H,7-8H2,1H3,(H2,22,23)(H,24,28)/t12-,15-,18-,21-/m1/s1. The van der Waals surface area contributed by atoms with E-state index in [2.05, 4.69) is 15.5 Å². The van der Waals surface area contributed by atoms with Gasteiger partial charge in [0, 0.05) is 5.38 Å². The number of nitrogens with two attached hydrogens (primary N) is 1. The number of carbonyl (C=O) groups excluding carboxylic acids is 4. The normalized spacial score (nSPS) is 26.9. The highest BCUT2D eigenvalue weighted by atomic mass is 32.2. The second-order valence-corrected chi connectivity index (χ2v) is 10.0. The predicted molar refractivity (Wildman–Crippen MR) is 124 cm³/mol. The molecule has 0 saturated carbocycles. The molecule has 1 aromatic carbocycles. The molecule has 182 valence electrons. The minimum atomic E-state index is -1.87. The maximum atomic E-state index is 13.2. The molecule has 3 fully saturated rings. The van der Waals surface area contributed by atoms with Crippen LogP contribution in [-0.4, -0.2) is 68.8 Å². The number of ether oxygens (including phenoxy) is 2. The van der Waals surface area contributed by atoms with E-state index in [9.17, 15) is 19.2 Å². The van der Waals surface area contributed by atoms with Crippen LogP contribution >= 0.6 is 23.1 Å². The van der Waals surface area contributed by atoms with Crippen molar-refractivity contribution in [2.24, 2.45) is 5.16 Å². The maximum Gasteiger partial charge on any atom is 0.374 e. The molecule has 4 atom stereocenters. The summed E-state index contributed by atoms with van der Waals surface area (Å²) >= 11 is 2.32. The van der Waals surface area contributed by atoms with E-state index in [0.717, 1.165) is 16.9 Å². The van der Waals surface area contributed by atoms with Gasteiger partial charge in [-0.15, -0.1) is 23.1 Å². The largest absolute Gasteiger partial charge is 0.456 e. The molecular weight excluding hydrogens is 498 g/mol. The number of thiazole rings is 1. The van der Waals surface area contributed by atoms with Gasteiger partial charge in [-0.2, -0.15) is 0 Å². The molecule has 4 heterocycles. The molecule has 3 saturated heterocycles. The Balaban J connectivity index is 1.33. The quantitative estimate of drug-likeness (QED) is 0.225. The molecule has 0 spiro atoms. The molecule has 3 N–H and O–H groups in total. The van der Waals surface area contributed by atoms with Gasteiger partial charge in [-0.25, -0.2) is 9.78 Å². The van der Waals surface area contributed by atoms with E-state index in [1.165, 1.54) is 29.2 Å². The van der Waals surface area contributed by atoms with Crippen molar-refractivity contribution in [3.63, 3.8) is 0 Å². The van der Waals surface area contributed by atoms with Gasteiger partial charge in [0.25, 0.3) is 17.5 Å². The van der Waals surface area contributed by atoms with E-state index in [-0.39, 0.29) is 29.6 Å². The Morgan fingerprint density at radius 1 is 1.34 bits per heavy atom. The number of esters is 2. The first-order valence-electron chi connectivity index (χ1n) is 10.4. The van der Waals surface area contributed by atoms with E-state index in [1.807, 2.05) is 6.07 Å². The second kappa shape index (κ2) is 8.85. The number of nitrogens with one attached hydrogen (secondary N) is 1. The number of nitrogens with zero attached hydrogens (tertiary/aromatic N) is 3. The number of hydrogen-bond acceptors (Lipinski definition) is 12. The van der Waals surface area contributed by atoms with Gasteiger partial charge >= 0.3 is 11.9 Å². The third-order valence-corrected chi connectivity index (χ3v) is 7.97. The number of anilines is 1. The molecule has 0 unspecified atom stereocenters. The molecule has 12 nitrogen and oxygen atoms in total. The molecule has 0 radical (unpaired) electrons. The van der Waals surface area contributed by atoms with Crippen LogP contribution in [-0.2, 0) is 40.1 Å². The number of aromatic nitrogens is 1. The number of oxime groups is 1. The lowest BCUT2D eigenvalue weighted by atomic mass is 9.98. The first-order chi connectivity index (χ1) is 16.8. The van der Waals surface area contributed by atoms with Crippen molar-refractivity contribution in [3.05, 3.63) is 47.0 Å². The van der Waals surface area contributed by atoms with Crippen LogP contribution in [0, 0.1) is 0 Å². The highest BCUT2D eigenvalue weighted by Crippen LogP contribution is 2.55. The number of fused-ring (bicyclic) bond motifs is 3. The highest BCUT2D eigenvalue weighted by molar-refractivity contribution is 8.01. The summed E-state index contributed by atoms with van der Waals surface area (Å²) in [5.41, 5.74) is 4.56. The molecule has 2 amide bonds. The summed E-state index contributed by atoms with van der Waals surface area (Å²) in [6, 6.07) is 8.02. The van der Waals surface area contributed by atoms with Crippen LogP contribution in [0.2, 0.25) is 0 Å². The number of hydrogen-bond donors (Lipinski definition) is 2. The summed E-state index contributed by atoms with van der Waals surface area (Å²) in [7, 11) is 1.27. The third kappa shape index (κ3) is 3.78. The lowest BCUT2D eigenvalue weighted by Gasteiger charge is -2.46. The zero-order chi connectivity index (χ0) is 24.7. The Morgan fingerprint density at radius 3 is 2.80 bits per heavy atom. The van der Waals surface area contributed by atoms with E-state index < -0.39 is 46.1 Å². The minimum absolute atomic E-state index is 0.0448. The van der Waals surface area contributed by atoms with Crippen LogP contribution in [0.5, 0.6) is 0 Å². The van der Waals surface area contributed by atoms with E-state index in [1.54, 1.807) is 24.3 Å². The summed E-state index contributed by atoms with van der Waals surface area (Å²) in [6.45, 7) is -0.0448. The Hall–Kier alpha value is -3.65. The van der Waals surface area contributed by atoms with Gasteiger partial charge in [-0.3, -0.25) is 19.3 Å². The number of nitrogen functional groups attached to an aromatic ring is 1. The maximum absolute atomic E-state index is 13.2. The number of rotatable bonds is 7. The van der Waals surface area contributed by atoms with Crippen molar-refractivity contribution in [1.29, 1.82) is 0 Å². The first-order valence-corrected chi connectivity index (χ1v) is 12.2. The lowest BCUT2D eigenvalue weighted by molar-refractivity contribution is -0.208. The smallest absolute Gasteiger partial charge is 0.374 e. The fraction of sp³-hybridized carbons (Fsp3) is 0.333. The van der Waals surface area contributed by atoms with Crippen molar-refractivity contribution in [2.75, 3.05) is 12.8 Å². The lowest BCUT2D eigenvalue weighted by Crippen LogP contribution is -2.75. The molecule has 1 aromatic heterocycles. The SMILES string of the molecule is CON=C(C(=O)N[C@@H]1C(=O)N2[C@@H]1S[C@@H]1CC(=O)O[C@@]12C(=O)OCc1ccccc1)c1csc(N)n1. The molecule has 2 aromatic rings. The van der Waals surface area contributed by atoms with E-state index >= 15 is 0 Å². The summed E-state index contributed by atoms with van der Waals surface area (Å²) < 4.78 is 10.9. The average Bonchev–Trinajstić information content (AvgIpc) is 3.49. The molecule has 35 heavy (non-hydrogen) atoms. The minimum Gasteiger partial charge on any atom is -0.456 e. The van der Waals surface area contributed by atoms with Crippen LogP contribution in [0.15, 0.2) is 40.9 Å². The molecule has 5 rings (SSSR count). The first kappa shape index (κ1) is 23.1. The fourth-order valence-corrected chi connectivity index (χ4v) is 6.46. The van der Waals surface area contributed by atoms with Crippen molar-refractivity contribution < 1.29 is 33.5 Å². The monoisotopic (exact) mass is 517 g/mol. The number of thioether (sulfide) groups is 1. The van der Waals surface area contributed by atoms with Gasteiger partial charge in [-0.05, 0) is 5.56 Å². The summed E-state index contributed by atoms with van der Waals surface area (Å²) in [4.78, 5) is 61.3. The van der Waals surface area contributed by atoms with Crippen LogP contribution in [0.4, 0.5) is 5.13 Å². The van der Waals surface area contributed by atoms with Gasteiger partial charge in [0.2, 0.25) is 0 Å². The van der Waals surface area contributed by atoms with Gasteiger partial charge in [0.1, 0.15) is 30.8 Å². The summed E-state index contributed by atoms with van der Waals surface area (Å²) in [6.07, 6.45) is -0.0689. The van der Waals surface area contributed by atoms with Crippen LogP contribution in [0.1, 0.15) is 17.7 Å². The fourth-order valence-electron chi connectivity index (χ4n) is 4.17. The summed E-state index contributed by atoms with van der Waals surface area (Å²) in [5.74, 6) is -2.72. The Morgan fingerprint density at radius 2 is 2.11 bits per heavy atom. The number of β-lactam (4-membered cyclic amide) rings is 1.